The quantitative estimate of drug-likeness (QED) is 0.764. The Morgan fingerprint density at radius 1 is 1.22 bits per heavy atom. The maximum Gasteiger partial charge on any atom is 0.243 e. The Morgan fingerprint density at radius 2 is 1.94 bits per heavy atom. The van der Waals surface area contributed by atoms with Gasteiger partial charge < -0.3 is 4.74 Å². The van der Waals surface area contributed by atoms with Gasteiger partial charge in [0.2, 0.25) is 10.0 Å². The van der Waals surface area contributed by atoms with E-state index in [1.165, 1.54) is 0 Å². The van der Waals surface area contributed by atoms with Gasteiger partial charge in [-0.15, -0.1) is 0 Å². The SMILES string of the molecule is Cc1ccc(S(=O)(=O)N2CCC[C@H]3O[C@H]3C2)cc1. The van der Waals surface area contributed by atoms with E-state index in [1.807, 2.05) is 19.1 Å². The molecule has 98 valence electrons. The monoisotopic (exact) mass is 267 g/mol. The normalized spacial score (nSPS) is 28.5. The maximum atomic E-state index is 12.5. The number of fused-ring (bicyclic) bond motifs is 1. The molecule has 2 aliphatic rings. The third-order valence-corrected chi connectivity index (χ3v) is 5.51. The Hall–Kier alpha value is -0.910. The molecule has 0 aliphatic carbocycles. The standard InChI is InChI=1S/C13H17NO3S/c1-10-4-6-11(7-5-10)18(15,16)14-8-2-3-12-13(9-14)17-12/h4-7,12-13H,2-3,8-9H2,1H3/t12-,13+/m1/s1. The van der Waals surface area contributed by atoms with Crippen molar-refractivity contribution in [2.45, 2.75) is 36.9 Å². The largest absolute Gasteiger partial charge is 0.368 e. The van der Waals surface area contributed by atoms with Gasteiger partial charge in [0, 0.05) is 13.1 Å². The van der Waals surface area contributed by atoms with Crippen LogP contribution in [-0.4, -0.2) is 38.0 Å². The fourth-order valence-electron chi connectivity index (χ4n) is 2.43. The Kier molecular flexibility index (Phi) is 2.92. The van der Waals surface area contributed by atoms with Gasteiger partial charge in [-0.25, -0.2) is 8.42 Å². The van der Waals surface area contributed by atoms with Crippen LogP contribution in [0.15, 0.2) is 29.2 Å². The third kappa shape index (κ3) is 2.18. The number of ether oxygens (including phenoxy) is 1. The molecule has 2 atom stereocenters. The van der Waals surface area contributed by atoms with Crippen molar-refractivity contribution in [2.75, 3.05) is 13.1 Å². The molecule has 1 aromatic carbocycles. The highest BCUT2D eigenvalue weighted by molar-refractivity contribution is 7.89. The van der Waals surface area contributed by atoms with E-state index in [-0.39, 0.29) is 6.10 Å². The summed E-state index contributed by atoms with van der Waals surface area (Å²) in [6, 6.07) is 7.03. The summed E-state index contributed by atoms with van der Waals surface area (Å²) in [4.78, 5) is 0.382. The second kappa shape index (κ2) is 4.33. The van der Waals surface area contributed by atoms with E-state index >= 15 is 0 Å². The van der Waals surface area contributed by atoms with Crippen molar-refractivity contribution in [1.29, 1.82) is 0 Å². The molecular weight excluding hydrogens is 250 g/mol. The van der Waals surface area contributed by atoms with E-state index in [0.717, 1.165) is 18.4 Å². The zero-order chi connectivity index (χ0) is 12.8. The van der Waals surface area contributed by atoms with Crippen molar-refractivity contribution in [3.63, 3.8) is 0 Å². The molecule has 0 radical (unpaired) electrons. The van der Waals surface area contributed by atoms with Crippen molar-refractivity contribution >= 4 is 10.0 Å². The van der Waals surface area contributed by atoms with Crippen LogP contribution >= 0.6 is 0 Å². The van der Waals surface area contributed by atoms with Crippen LogP contribution in [0.1, 0.15) is 18.4 Å². The minimum atomic E-state index is -3.36. The van der Waals surface area contributed by atoms with Gasteiger partial charge in [0.25, 0.3) is 0 Å². The lowest BCUT2D eigenvalue weighted by atomic mass is 10.2. The molecule has 2 fully saturated rings. The first-order chi connectivity index (χ1) is 8.57. The second-order valence-corrected chi connectivity index (χ2v) is 6.97. The topological polar surface area (TPSA) is 49.9 Å². The molecule has 2 aliphatic heterocycles. The van der Waals surface area contributed by atoms with Gasteiger partial charge in [-0.1, -0.05) is 17.7 Å². The van der Waals surface area contributed by atoms with Gasteiger partial charge in [0.1, 0.15) is 0 Å². The predicted molar refractivity (Wildman–Crippen MR) is 67.8 cm³/mol. The number of hydrogen-bond donors (Lipinski definition) is 0. The molecular formula is C13H17NO3S. The molecule has 0 unspecified atom stereocenters. The number of sulfonamides is 1. The van der Waals surface area contributed by atoms with Crippen molar-refractivity contribution in [2.24, 2.45) is 0 Å². The summed E-state index contributed by atoms with van der Waals surface area (Å²) in [7, 11) is -3.36. The van der Waals surface area contributed by atoms with Crippen molar-refractivity contribution in [3.8, 4) is 0 Å². The van der Waals surface area contributed by atoms with Gasteiger partial charge in [-0.05, 0) is 31.9 Å². The first-order valence-electron chi connectivity index (χ1n) is 6.30. The van der Waals surface area contributed by atoms with Crippen LogP contribution in [-0.2, 0) is 14.8 Å². The summed E-state index contributed by atoms with van der Waals surface area (Å²) in [5.74, 6) is 0. The number of aryl methyl sites for hydroxylation is 1. The average Bonchev–Trinajstić information content (AvgIpc) is 3.06. The molecule has 0 aromatic heterocycles. The lowest BCUT2D eigenvalue weighted by molar-refractivity contribution is 0.296. The Bertz CT molecular complexity index is 538. The summed E-state index contributed by atoms with van der Waals surface area (Å²) in [6.45, 7) is 3.05. The third-order valence-electron chi connectivity index (χ3n) is 3.63. The molecule has 0 saturated carbocycles. The maximum absolute atomic E-state index is 12.5. The van der Waals surface area contributed by atoms with E-state index in [1.54, 1.807) is 16.4 Å². The highest BCUT2D eigenvalue weighted by atomic mass is 32.2. The molecule has 3 rings (SSSR count). The van der Waals surface area contributed by atoms with E-state index in [9.17, 15) is 8.42 Å². The Balaban J connectivity index is 1.86. The minimum Gasteiger partial charge on any atom is -0.368 e. The summed E-state index contributed by atoms with van der Waals surface area (Å²) in [5, 5.41) is 0. The fourth-order valence-corrected chi connectivity index (χ4v) is 3.92. The number of epoxide rings is 1. The smallest absolute Gasteiger partial charge is 0.243 e. The highest BCUT2D eigenvalue weighted by Crippen LogP contribution is 2.32. The average molecular weight is 267 g/mol. The van der Waals surface area contributed by atoms with Gasteiger partial charge >= 0.3 is 0 Å². The summed E-state index contributed by atoms with van der Waals surface area (Å²) >= 11 is 0. The first-order valence-corrected chi connectivity index (χ1v) is 7.74. The van der Waals surface area contributed by atoms with Crippen LogP contribution in [0, 0.1) is 6.92 Å². The molecule has 2 saturated heterocycles. The van der Waals surface area contributed by atoms with Crippen molar-refractivity contribution in [1.82, 2.24) is 4.31 Å². The molecule has 4 nitrogen and oxygen atoms in total. The summed E-state index contributed by atoms with van der Waals surface area (Å²) in [6.07, 6.45) is 2.27. The van der Waals surface area contributed by atoms with Crippen molar-refractivity contribution < 1.29 is 13.2 Å². The van der Waals surface area contributed by atoms with Crippen LogP contribution in [0.2, 0.25) is 0 Å². The Morgan fingerprint density at radius 3 is 2.67 bits per heavy atom. The molecule has 0 N–H and O–H groups in total. The molecule has 1 aromatic rings. The zero-order valence-electron chi connectivity index (χ0n) is 10.4. The molecule has 5 heteroatoms. The predicted octanol–water partition coefficient (Wildman–Crippen LogP) is 1.55. The van der Waals surface area contributed by atoms with Gasteiger partial charge in [-0.2, -0.15) is 4.31 Å². The molecule has 0 amide bonds. The van der Waals surface area contributed by atoms with Gasteiger partial charge in [0.15, 0.2) is 0 Å². The van der Waals surface area contributed by atoms with Crippen LogP contribution in [0.25, 0.3) is 0 Å². The number of nitrogens with zero attached hydrogens (tertiary/aromatic N) is 1. The first kappa shape index (κ1) is 12.1. The highest BCUT2D eigenvalue weighted by Gasteiger charge is 2.44. The number of hydrogen-bond acceptors (Lipinski definition) is 3. The summed E-state index contributed by atoms with van der Waals surface area (Å²) in [5.41, 5.74) is 1.07. The fraction of sp³-hybridized carbons (Fsp3) is 0.538. The lowest BCUT2D eigenvalue weighted by Crippen LogP contribution is -2.34. The molecule has 0 spiro atoms. The van der Waals surface area contributed by atoms with Gasteiger partial charge in [0.05, 0.1) is 17.1 Å². The minimum absolute atomic E-state index is 0.118. The molecule has 18 heavy (non-hydrogen) atoms. The molecule has 0 bridgehead atoms. The number of rotatable bonds is 2. The zero-order valence-corrected chi connectivity index (χ0v) is 11.2. The second-order valence-electron chi connectivity index (χ2n) is 5.03. The van der Waals surface area contributed by atoms with Gasteiger partial charge in [-0.3, -0.25) is 0 Å². The van der Waals surface area contributed by atoms with Crippen LogP contribution in [0.4, 0.5) is 0 Å². The lowest BCUT2D eigenvalue weighted by Gasteiger charge is -2.20. The Labute approximate surface area is 108 Å². The van der Waals surface area contributed by atoms with Crippen LogP contribution in [0.5, 0.6) is 0 Å². The van der Waals surface area contributed by atoms with E-state index in [4.69, 9.17) is 4.74 Å². The van der Waals surface area contributed by atoms with E-state index in [2.05, 4.69) is 0 Å². The van der Waals surface area contributed by atoms with Crippen LogP contribution in [0.3, 0.4) is 0 Å². The number of benzene rings is 1. The molecule has 2 heterocycles. The van der Waals surface area contributed by atoms with E-state index in [0.29, 0.717) is 24.1 Å². The summed E-state index contributed by atoms with van der Waals surface area (Å²) < 4.78 is 32.0. The van der Waals surface area contributed by atoms with Crippen molar-refractivity contribution in [3.05, 3.63) is 29.8 Å². The van der Waals surface area contributed by atoms with Crippen LogP contribution < -0.4 is 0 Å². The van der Waals surface area contributed by atoms with E-state index < -0.39 is 10.0 Å².